The van der Waals surface area contributed by atoms with Crippen LogP contribution in [0.1, 0.15) is 22.3 Å². The monoisotopic (exact) mass is 563 g/mol. The first-order valence-electron chi connectivity index (χ1n) is 12.1. The maximum absolute atomic E-state index is 12.3. The molecule has 0 radical (unpaired) electrons. The van der Waals surface area contributed by atoms with E-state index in [1.54, 1.807) is 36.4 Å². The zero-order chi connectivity index (χ0) is 28.0. The molecule has 206 valence electrons. The van der Waals surface area contributed by atoms with Crippen LogP contribution in [-0.2, 0) is 16.0 Å². The summed E-state index contributed by atoms with van der Waals surface area (Å²) in [5.41, 5.74) is 2.39. The summed E-state index contributed by atoms with van der Waals surface area (Å²) in [5.74, 6) is -2.60. The lowest BCUT2D eigenvalue weighted by Crippen LogP contribution is -2.39. The summed E-state index contributed by atoms with van der Waals surface area (Å²) in [4.78, 5) is 22.7. The third-order valence-electron chi connectivity index (χ3n) is 5.95. The van der Waals surface area contributed by atoms with Gasteiger partial charge in [0.25, 0.3) is 0 Å². The zero-order valence-electron chi connectivity index (χ0n) is 20.5. The van der Waals surface area contributed by atoms with Gasteiger partial charge in [0.15, 0.2) is 0 Å². The second-order valence-electron chi connectivity index (χ2n) is 8.93. The van der Waals surface area contributed by atoms with Crippen LogP contribution in [0.15, 0.2) is 66.7 Å². The van der Waals surface area contributed by atoms with Crippen molar-refractivity contribution in [2.45, 2.75) is 31.2 Å². The third-order valence-corrected chi connectivity index (χ3v) is 6.19. The zero-order valence-corrected chi connectivity index (χ0v) is 21.3. The number of benzene rings is 3. The normalized spacial score (nSPS) is 15.6. The highest BCUT2D eigenvalue weighted by molar-refractivity contribution is 6.30. The number of nitrogens with one attached hydrogen (secondary N) is 1. The number of carbonyl (C=O) groups is 2. The van der Waals surface area contributed by atoms with E-state index in [1.807, 2.05) is 18.2 Å². The van der Waals surface area contributed by atoms with Crippen molar-refractivity contribution < 1.29 is 42.1 Å². The smallest absolute Gasteiger partial charge is 0.491 e. The van der Waals surface area contributed by atoms with E-state index in [1.165, 1.54) is 12.1 Å². The van der Waals surface area contributed by atoms with Gasteiger partial charge in [-0.25, -0.2) is 9.59 Å². The maximum Gasteiger partial charge on any atom is 0.491 e. The number of aliphatic hydroxyl groups is 1. The van der Waals surface area contributed by atoms with Crippen LogP contribution < -0.4 is 14.8 Å². The lowest BCUT2D eigenvalue weighted by molar-refractivity contribution is -0.193. The Hall–Kier alpha value is -3.60. The molecule has 0 unspecified atom stereocenters. The fourth-order valence-corrected chi connectivity index (χ4v) is 4.17. The Morgan fingerprint density at radius 1 is 1.08 bits per heavy atom. The van der Waals surface area contributed by atoms with Crippen molar-refractivity contribution >= 4 is 23.5 Å². The van der Waals surface area contributed by atoms with E-state index in [0.717, 1.165) is 35.3 Å². The number of halogens is 4. The average molecular weight is 564 g/mol. The molecule has 39 heavy (non-hydrogen) atoms. The van der Waals surface area contributed by atoms with Crippen LogP contribution in [0.3, 0.4) is 0 Å². The first-order chi connectivity index (χ1) is 18.6. The van der Waals surface area contributed by atoms with E-state index in [-0.39, 0.29) is 18.3 Å². The summed E-state index contributed by atoms with van der Waals surface area (Å²) in [6, 6.07) is 18.3. The molecule has 3 aromatic rings. The van der Waals surface area contributed by atoms with Crippen LogP contribution in [-0.4, -0.2) is 55.1 Å². The van der Waals surface area contributed by atoms with Crippen LogP contribution in [0, 0.1) is 0 Å². The average Bonchev–Trinajstić information content (AvgIpc) is 2.91. The number of hydrogen-bond donors (Lipinski definition) is 2. The van der Waals surface area contributed by atoms with Gasteiger partial charge in [-0.05, 0) is 72.0 Å². The molecule has 0 amide bonds. The SMILES string of the molecule is O=C(OC(=O)C(F)(F)F)c1ccc(-c2ccc3c(c2)CC[C@H](CNC[C@H](O)COc2cccc(Cl)c2)O3)cc1. The van der Waals surface area contributed by atoms with E-state index in [0.29, 0.717) is 23.9 Å². The number of hydrogen-bond acceptors (Lipinski definition) is 7. The largest absolute Gasteiger partial charge is 0.491 e. The summed E-state index contributed by atoms with van der Waals surface area (Å²) in [6.07, 6.45) is -4.50. The number of aryl methyl sites for hydroxylation is 1. The number of esters is 2. The van der Waals surface area contributed by atoms with E-state index < -0.39 is 24.2 Å². The highest BCUT2D eigenvalue weighted by atomic mass is 35.5. The second kappa shape index (κ2) is 12.5. The summed E-state index contributed by atoms with van der Waals surface area (Å²) >= 11 is 5.92. The molecular formula is C28H25ClF3NO6. The van der Waals surface area contributed by atoms with Gasteiger partial charge in [0, 0.05) is 18.1 Å². The molecule has 3 aromatic carbocycles. The molecule has 0 aromatic heterocycles. The fraction of sp³-hybridized carbons (Fsp3) is 0.286. The minimum absolute atomic E-state index is 0.0749. The topological polar surface area (TPSA) is 94.1 Å². The molecule has 0 saturated carbocycles. The van der Waals surface area contributed by atoms with Crippen LogP contribution in [0.25, 0.3) is 11.1 Å². The molecule has 0 bridgehead atoms. The second-order valence-corrected chi connectivity index (χ2v) is 9.37. The van der Waals surface area contributed by atoms with Gasteiger partial charge in [0.05, 0.1) is 5.56 Å². The van der Waals surface area contributed by atoms with Crippen LogP contribution in [0.4, 0.5) is 13.2 Å². The molecular weight excluding hydrogens is 539 g/mol. The molecule has 1 aliphatic rings. The standard InChI is InChI=1S/C28H25ClF3NO6/c29-21-2-1-3-23(13-21)37-16-22(34)14-33-15-24-10-8-20-12-19(9-11-25(20)38-24)17-4-6-18(7-5-17)26(35)39-27(36)28(30,31)32/h1-7,9,11-13,22,24,33-34H,8,10,14-16H2/t22-,24+/m0/s1. The van der Waals surface area contributed by atoms with Gasteiger partial charge in [0.2, 0.25) is 0 Å². The van der Waals surface area contributed by atoms with Crippen molar-refractivity contribution in [3.05, 3.63) is 82.9 Å². The highest BCUT2D eigenvalue weighted by Gasteiger charge is 2.42. The first-order valence-corrected chi connectivity index (χ1v) is 12.5. The first kappa shape index (κ1) is 28.4. The summed E-state index contributed by atoms with van der Waals surface area (Å²) in [6.45, 7) is 1.00. The van der Waals surface area contributed by atoms with Gasteiger partial charge in [-0.1, -0.05) is 35.9 Å². The van der Waals surface area contributed by atoms with Crippen LogP contribution in [0.5, 0.6) is 11.5 Å². The number of rotatable bonds is 9. The predicted molar refractivity (Wildman–Crippen MR) is 137 cm³/mol. The number of alkyl halides is 3. The van der Waals surface area contributed by atoms with E-state index in [4.69, 9.17) is 21.1 Å². The Labute approximate surface area is 227 Å². The lowest BCUT2D eigenvalue weighted by Gasteiger charge is -2.27. The van der Waals surface area contributed by atoms with Crippen molar-refractivity contribution in [3.63, 3.8) is 0 Å². The molecule has 0 fully saturated rings. The van der Waals surface area contributed by atoms with Crippen molar-refractivity contribution in [3.8, 4) is 22.6 Å². The van der Waals surface area contributed by atoms with E-state index >= 15 is 0 Å². The van der Waals surface area contributed by atoms with Gasteiger partial charge < -0.3 is 24.6 Å². The molecule has 0 saturated heterocycles. The highest BCUT2D eigenvalue weighted by Crippen LogP contribution is 2.32. The third kappa shape index (κ3) is 7.95. The Morgan fingerprint density at radius 3 is 2.54 bits per heavy atom. The van der Waals surface area contributed by atoms with Crippen LogP contribution >= 0.6 is 11.6 Å². The van der Waals surface area contributed by atoms with Gasteiger partial charge in [-0.15, -0.1) is 0 Å². The summed E-state index contributed by atoms with van der Waals surface area (Å²) in [5, 5.41) is 13.9. The van der Waals surface area contributed by atoms with Gasteiger partial charge in [-0.3, -0.25) is 0 Å². The van der Waals surface area contributed by atoms with Gasteiger partial charge in [0.1, 0.15) is 30.3 Å². The van der Waals surface area contributed by atoms with E-state index in [2.05, 4.69) is 10.1 Å². The summed E-state index contributed by atoms with van der Waals surface area (Å²) in [7, 11) is 0. The van der Waals surface area contributed by atoms with Crippen molar-refractivity contribution in [2.24, 2.45) is 0 Å². The fourth-order valence-electron chi connectivity index (χ4n) is 3.99. The predicted octanol–water partition coefficient (Wildman–Crippen LogP) is 4.98. The molecule has 4 rings (SSSR count). The minimum atomic E-state index is -5.25. The molecule has 0 spiro atoms. The number of fused-ring (bicyclic) bond motifs is 1. The molecule has 2 N–H and O–H groups in total. The Kier molecular flexibility index (Phi) is 9.11. The maximum atomic E-state index is 12.3. The molecule has 1 heterocycles. The summed E-state index contributed by atoms with van der Waals surface area (Å²) < 4.78 is 52.4. The Morgan fingerprint density at radius 2 is 1.82 bits per heavy atom. The van der Waals surface area contributed by atoms with Gasteiger partial charge >= 0.3 is 18.1 Å². The molecule has 0 aliphatic carbocycles. The molecule has 11 heteroatoms. The number of carbonyl (C=O) groups excluding carboxylic acids is 2. The number of aliphatic hydroxyl groups excluding tert-OH is 1. The van der Waals surface area contributed by atoms with E-state index in [9.17, 15) is 27.9 Å². The Balaban J connectivity index is 1.25. The minimum Gasteiger partial charge on any atom is -0.491 e. The quantitative estimate of drug-likeness (QED) is 0.280. The molecule has 2 atom stereocenters. The molecule has 1 aliphatic heterocycles. The van der Waals surface area contributed by atoms with Crippen molar-refractivity contribution in [2.75, 3.05) is 19.7 Å². The van der Waals surface area contributed by atoms with Gasteiger partial charge in [-0.2, -0.15) is 13.2 Å². The number of ether oxygens (including phenoxy) is 3. The molecule has 7 nitrogen and oxygen atoms in total. The van der Waals surface area contributed by atoms with Crippen LogP contribution in [0.2, 0.25) is 5.02 Å². The van der Waals surface area contributed by atoms with Crippen molar-refractivity contribution in [1.82, 2.24) is 5.32 Å². The van der Waals surface area contributed by atoms with Crippen molar-refractivity contribution in [1.29, 1.82) is 0 Å². The Bertz CT molecular complexity index is 1320. The lowest BCUT2D eigenvalue weighted by atomic mass is 9.96.